The van der Waals surface area contributed by atoms with Gasteiger partial charge in [0.15, 0.2) is 0 Å². The van der Waals surface area contributed by atoms with Crippen molar-refractivity contribution < 1.29 is 4.39 Å². The molecule has 0 atom stereocenters. The Labute approximate surface area is 118 Å². The largest absolute Gasteiger partial charge is 0.399 e. The quantitative estimate of drug-likeness (QED) is 0.771. The molecule has 0 spiro atoms. The lowest BCUT2D eigenvalue weighted by Crippen LogP contribution is -1.97. The van der Waals surface area contributed by atoms with Crippen molar-refractivity contribution >= 4 is 44.6 Å². The first-order chi connectivity index (χ1) is 8.47. The van der Waals surface area contributed by atoms with Gasteiger partial charge in [0.25, 0.3) is 0 Å². The zero-order valence-corrected chi connectivity index (χ0v) is 11.9. The van der Waals surface area contributed by atoms with E-state index in [0.29, 0.717) is 20.9 Å². The first kappa shape index (κ1) is 13.2. The van der Waals surface area contributed by atoms with Crippen LogP contribution in [-0.2, 0) is 0 Å². The molecule has 0 amide bonds. The molecule has 2 nitrogen and oxygen atoms in total. The molecule has 0 radical (unpaired) electrons. The summed E-state index contributed by atoms with van der Waals surface area (Å²) in [4.78, 5) is 0. The summed E-state index contributed by atoms with van der Waals surface area (Å²) in [6.07, 6.45) is 0. The Morgan fingerprint density at radius 2 is 2.00 bits per heavy atom. The van der Waals surface area contributed by atoms with Gasteiger partial charge in [-0.3, -0.25) is 0 Å². The number of rotatable bonds is 2. The number of halogens is 3. The monoisotopic (exact) mass is 328 g/mol. The molecule has 0 fully saturated rings. The fourth-order valence-corrected chi connectivity index (χ4v) is 2.47. The van der Waals surface area contributed by atoms with E-state index >= 15 is 0 Å². The summed E-state index contributed by atoms with van der Waals surface area (Å²) in [5.41, 5.74) is 8.87. The van der Waals surface area contributed by atoms with Gasteiger partial charge in [0.05, 0.1) is 10.7 Å². The molecular weight excluding hydrogens is 319 g/mol. The fourth-order valence-electron chi connectivity index (χ4n) is 1.57. The van der Waals surface area contributed by atoms with E-state index in [0.717, 1.165) is 11.3 Å². The second kappa shape index (κ2) is 5.16. The van der Waals surface area contributed by atoms with Crippen LogP contribution in [-0.4, -0.2) is 0 Å². The third-order valence-corrected chi connectivity index (χ3v) is 3.45. The smallest absolute Gasteiger partial charge is 0.125 e. The number of hydrogen-bond donors (Lipinski definition) is 2. The van der Waals surface area contributed by atoms with Gasteiger partial charge in [-0.2, -0.15) is 0 Å². The fraction of sp³-hybridized carbons (Fsp3) is 0.0769. The first-order valence-electron chi connectivity index (χ1n) is 5.25. The lowest BCUT2D eigenvalue weighted by atomic mass is 10.1. The Hall–Kier alpha value is -1.26. The Morgan fingerprint density at radius 3 is 2.67 bits per heavy atom. The van der Waals surface area contributed by atoms with Gasteiger partial charge in [-0.15, -0.1) is 0 Å². The Kier molecular flexibility index (Phi) is 3.78. The molecule has 94 valence electrons. The van der Waals surface area contributed by atoms with Crippen molar-refractivity contribution in [2.45, 2.75) is 6.92 Å². The van der Waals surface area contributed by atoms with Crippen LogP contribution < -0.4 is 11.1 Å². The second-order valence-corrected chi connectivity index (χ2v) is 5.21. The van der Waals surface area contributed by atoms with Gasteiger partial charge in [0.1, 0.15) is 5.82 Å². The van der Waals surface area contributed by atoms with E-state index in [1.807, 2.05) is 25.1 Å². The molecular formula is C13H11BrClFN2. The maximum absolute atomic E-state index is 13.1. The number of aryl methyl sites for hydroxylation is 1. The van der Waals surface area contributed by atoms with Gasteiger partial charge in [-0.1, -0.05) is 17.7 Å². The molecule has 0 unspecified atom stereocenters. The first-order valence-corrected chi connectivity index (χ1v) is 6.42. The lowest BCUT2D eigenvalue weighted by molar-refractivity contribution is 0.627. The third kappa shape index (κ3) is 2.76. The van der Waals surface area contributed by atoms with Crippen molar-refractivity contribution in [1.82, 2.24) is 0 Å². The zero-order valence-electron chi connectivity index (χ0n) is 9.60. The minimum atomic E-state index is -0.387. The zero-order chi connectivity index (χ0) is 13.3. The molecule has 2 aromatic rings. The maximum atomic E-state index is 13.1. The number of nitrogens with one attached hydrogen (secondary N) is 1. The van der Waals surface area contributed by atoms with E-state index in [4.69, 9.17) is 17.3 Å². The molecule has 0 aromatic heterocycles. The number of nitrogens with two attached hydrogens (primary N) is 1. The van der Waals surface area contributed by atoms with Crippen LogP contribution in [0.25, 0.3) is 0 Å². The molecule has 0 aliphatic heterocycles. The number of anilines is 3. The second-order valence-electron chi connectivity index (χ2n) is 3.94. The van der Waals surface area contributed by atoms with Crippen LogP contribution >= 0.6 is 27.5 Å². The Morgan fingerprint density at radius 1 is 1.28 bits per heavy atom. The molecule has 0 aliphatic rings. The van der Waals surface area contributed by atoms with Crippen molar-refractivity contribution in [3.8, 4) is 0 Å². The Balaban J connectivity index is 2.43. The molecule has 0 aliphatic carbocycles. The van der Waals surface area contributed by atoms with E-state index in [1.54, 1.807) is 0 Å². The SMILES string of the molecule is Cc1ccc(N)cc1Nc1c(Cl)cc(F)cc1Br. The number of nitrogen functional groups attached to an aromatic ring is 1. The summed E-state index contributed by atoms with van der Waals surface area (Å²) < 4.78 is 13.7. The van der Waals surface area contributed by atoms with Gasteiger partial charge in [0, 0.05) is 15.8 Å². The summed E-state index contributed by atoms with van der Waals surface area (Å²) in [5.74, 6) is -0.387. The van der Waals surface area contributed by atoms with Crippen molar-refractivity contribution in [1.29, 1.82) is 0 Å². The van der Waals surface area contributed by atoms with Crippen LogP contribution in [0.15, 0.2) is 34.8 Å². The minimum Gasteiger partial charge on any atom is -0.399 e. The summed E-state index contributed by atoms with van der Waals surface area (Å²) >= 11 is 9.29. The van der Waals surface area contributed by atoms with Crippen molar-refractivity contribution in [2.75, 3.05) is 11.1 Å². The number of benzene rings is 2. The number of hydrogen-bond acceptors (Lipinski definition) is 2. The molecule has 2 rings (SSSR count). The molecule has 0 saturated carbocycles. The van der Waals surface area contributed by atoms with E-state index in [-0.39, 0.29) is 5.82 Å². The van der Waals surface area contributed by atoms with Crippen molar-refractivity contribution in [3.63, 3.8) is 0 Å². The van der Waals surface area contributed by atoms with Crippen LogP contribution in [0.1, 0.15) is 5.56 Å². The highest BCUT2D eigenvalue weighted by Gasteiger charge is 2.09. The van der Waals surface area contributed by atoms with Crippen LogP contribution in [0, 0.1) is 12.7 Å². The molecule has 5 heteroatoms. The van der Waals surface area contributed by atoms with E-state index in [1.165, 1.54) is 12.1 Å². The van der Waals surface area contributed by atoms with Gasteiger partial charge in [0.2, 0.25) is 0 Å². The van der Waals surface area contributed by atoms with Crippen LogP contribution in [0.5, 0.6) is 0 Å². The van der Waals surface area contributed by atoms with Crippen LogP contribution in [0.3, 0.4) is 0 Å². The topological polar surface area (TPSA) is 38.0 Å². The molecule has 0 heterocycles. The van der Waals surface area contributed by atoms with Crippen LogP contribution in [0.2, 0.25) is 5.02 Å². The van der Waals surface area contributed by atoms with Gasteiger partial charge >= 0.3 is 0 Å². The van der Waals surface area contributed by atoms with Gasteiger partial charge in [-0.25, -0.2) is 4.39 Å². The van der Waals surface area contributed by atoms with Gasteiger partial charge < -0.3 is 11.1 Å². The van der Waals surface area contributed by atoms with E-state index in [9.17, 15) is 4.39 Å². The maximum Gasteiger partial charge on any atom is 0.125 e. The average molecular weight is 330 g/mol. The highest BCUT2D eigenvalue weighted by Crippen LogP contribution is 2.35. The average Bonchev–Trinajstić information content (AvgIpc) is 2.28. The normalized spacial score (nSPS) is 10.4. The predicted octanol–water partition coefficient (Wildman–Crippen LogP) is 4.88. The van der Waals surface area contributed by atoms with Crippen LogP contribution in [0.4, 0.5) is 21.5 Å². The molecule has 18 heavy (non-hydrogen) atoms. The Bertz CT molecular complexity index is 579. The molecule has 0 saturated heterocycles. The van der Waals surface area contributed by atoms with Crippen molar-refractivity contribution in [3.05, 3.63) is 51.2 Å². The lowest BCUT2D eigenvalue weighted by Gasteiger charge is -2.13. The molecule has 3 N–H and O–H groups in total. The van der Waals surface area contributed by atoms with E-state index < -0.39 is 0 Å². The van der Waals surface area contributed by atoms with E-state index in [2.05, 4.69) is 21.2 Å². The summed E-state index contributed by atoms with van der Waals surface area (Å²) in [6.45, 7) is 1.95. The summed E-state index contributed by atoms with van der Waals surface area (Å²) in [7, 11) is 0. The summed E-state index contributed by atoms with van der Waals surface area (Å²) in [5, 5.41) is 3.46. The molecule has 0 bridgehead atoms. The third-order valence-electron chi connectivity index (χ3n) is 2.53. The van der Waals surface area contributed by atoms with Crippen molar-refractivity contribution in [2.24, 2.45) is 0 Å². The summed E-state index contributed by atoms with van der Waals surface area (Å²) in [6, 6.07) is 8.15. The standard InChI is InChI=1S/C13H11BrClFN2/c1-7-2-3-9(17)6-12(7)18-13-10(14)4-8(16)5-11(13)15/h2-6,18H,17H2,1H3. The van der Waals surface area contributed by atoms with Gasteiger partial charge in [-0.05, 0) is 52.7 Å². The highest BCUT2D eigenvalue weighted by molar-refractivity contribution is 9.10. The minimum absolute atomic E-state index is 0.309. The highest BCUT2D eigenvalue weighted by atomic mass is 79.9. The predicted molar refractivity (Wildman–Crippen MR) is 78.0 cm³/mol. The molecule has 2 aromatic carbocycles.